The van der Waals surface area contributed by atoms with Gasteiger partial charge in [0.05, 0.1) is 16.3 Å². The van der Waals surface area contributed by atoms with Crippen molar-refractivity contribution in [3.05, 3.63) is 34.8 Å². The number of carbonyl (C=O) groups is 1. The molecule has 23 heavy (non-hydrogen) atoms. The summed E-state index contributed by atoms with van der Waals surface area (Å²) in [6.07, 6.45) is 3.78. The van der Waals surface area contributed by atoms with Gasteiger partial charge in [-0.15, -0.1) is 11.8 Å². The number of hydrogen-bond acceptors (Lipinski definition) is 5. The predicted octanol–water partition coefficient (Wildman–Crippen LogP) is 4.23. The molecular formula is C17H19N3OS2. The quantitative estimate of drug-likeness (QED) is 0.885. The largest absolute Gasteiger partial charge is 0.348 e. The highest BCUT2D eigenvalue weighted by molar-refractivity contribution is 8.00. The zero-order valence-corrected chi connectivity index (χ0v) is 14.7. The molecule has 1 fully saturated rings. The molecule has 0 spiro atoms. The van der Waals surface area contributed by atoms with Crippen LogP contribution in [0.3, 0.4) is 0 Å². The average molecular weight is 345 g/mol. The van der Waals surface area contributed by atoms with Crippen LogP contribution in [0.5, 0.6) is 0 Å². The van der Waals surface area contributed by atoms with Gasteiger partial charge >= 0.3 is 0 Å². The maximum Gasteiger partial charge on any atom is 0.243 e. The number of carbonyl (C=O) groups excluding carboxylic acids is 1. The molecule has 3 heterocycles. The van der Waals surface area contributed by atoms with Crippen molar-refractivity contribution >= 4 is 39.8 Å². The Hall–Kier alpha value is -1.53. The summed E-state index contributed by atoms with van der Waals surface area (Å²) in [6, 6.07) is 7.98. The highest BCUT2D eigenvalue weighted by Gasteiger charge is 2.32. The summed E-state index contributed by atoms with van der Waals surface area (Å²) in [4.78, 5) is 21.9. The van der Waals surface area contributed by atoms with E-state index in [4.69, 9.17) is 4.98 Å². The second-order valence-electron chi connectivity index (χ2n) is 5.98. The Kier molecular flexibility index (Phi) is 4.03. The first-order valence-corrected chi connectivity index (χ1v) is 9.71. The molecule has 0 bridgehead atoms. The first kappa shape index (κ1) is 15.0. The van der Waals surface area contributed by atoms with Gasteiger partial charge < -0.3 is 10.2 Å². The van der Waals surface area contributed by atoms with Gasteiger partial charge in [-0.05, 0) is 38.3 Å². The van der Waals surface area contributed by atoms with Crippen molar-refractivity contribution in [2.45, 2.75) is 36.3 Å². The Labute approximate surface area is 144 Å². The van der Waals surface area contributed by atoms with Crippen LogP contribution in [0.1, 0.15) is 35.1 Å². The third-order valence-corrected chi connectivity index (χ3v) is 7.04. The van der Waals surface area contributed by atoms with Crippen LogP contribution in [0.15, 0.2) is 29.2 Å². The van der Waals surface area contributed by atoms with Crippen molar-refractivity contribution in [2.24, 2.45) is 0 Å². The van der Waals surface area contributed by atoms with Gasteiger partial charge in [-0.25, -0.2) is 4.98 Å². The number of thiazole rings is 1. The van der Waals surface area contributed by atoms with Gasteiger partial charge in [-0.1, -0.05) is 23.5 Å². The zero-order chi connectivity index (χ0) is 15.8. The fraction of sp³-hybridized carbons (Fsp3) is 0.412. The van der Waals surface area contributed by atoms with Crippen molar-refractivity contribution in [2.75, 3.05) is 23.3 Å². The number of para-hydroxylation sites is 1. The molecule has 1 unspecified atom stereocenters. The lowest BCUT2D eigenvalue weighted by Gasteiger charge is -2.26. The molecule has 1 aromatic heterocycles. The van der Waals surface area contributed by atoms with Gasteiger partial charge in [0.25, 0.3) is 0 Å². The van der Waals surface area contributed by atoms with Crippen molar-refractivity contribution in [3.8, 4) is 0 Å². The van der Waals surface area contributed by atoms with E-state index in [2.05, 4.69) is 16.3 Å². The van der Waals surface area contributed by atoms with Crippen molar-refractivity contribution in [3.63, 3.8) is 0 Å². The number of nitrogens with zero attached hydrogens (tertiary/aromatic N) is 2. The van der Waals surface area contributed by atoms with E-state index in [9.17, 15) is 4.79 Å². The first-order valence-electron chi connectivity index (χ1n) is 8.01. The van der Waals surface area contributed by atoms with Gasteiger partial charge in [-0.3, -0.25) is 4.79 Å². The first-order chi connectivity index (χ1) is 11.2. The Morgan fingerprint density at radius 2 is 2.00 bits per heavy atom. The molecule has 1 atom stereocenters. The third kappa shape index (κ3) is 2.85. The van der Waals surface area contributed by atoms with Crippen LogP contribution in [-0.4, -0.2) is 24.0 Å². The summed E-state index contributed by atoms with van der Waals surface area (Å²) < 4.78 is 0. The van der Waals surface area contributed by atoms with E-state index in [1.807, 2.05) is 25.1 Å². The number of thioether (sulfide) groups is 1. The van der Waals surface area contributed by atoms with E-state index < -0.39 is 0 Å². The van der Waals surface area contributed by atoms with E-state index in [0.29, 0.717) is 0 Å². The summed E-state index contributed by atoms with van der Waals surface area (Å²) in [7, 11) is 0. The Morgan fingerprint density at radius 3 is 2.83 bits per heavy atom. The third-order valence-electron chi connectivity index (χ3n) is 4.31. The van der Waals surface area contributed by atoms with E-state index in [-0.39, 0.29) is 11.2 Å². The number of aromatic nitrogens is 1. The molecule has 1 N–H and O–H groups in total. The molecule has 1 aromatic carbocycles. The highest BCUT2D eigenvalue weighted by Crippen LogP contribution is 2.47. The number of aryl methyl sites for hydroxylation is 1. The summed E-state index contributed by atoms with van der Waals surface area (Å²) >= 11 is 3.32. The van der Waals surface area contributed by atoms with E-state index in [1.165, 1.54) is 19.3 Å². The summed E-state index contributed by atoms with van der Waals surface area (Å²) in [5.41, 5.74) is 1.90. The topological polar surface area (TPSA) is 45.2 Å². The van der Waals surface area contributed by atoms with Crippen molar-refractivity contribution in [1.82, 2.24) is 4.98 Å². The van der Waals surface area contributed by atoms with Crippen LogP contribution in [0.2, 0.25) is 0 Å². The molecule has 4 nitrogen and oxygen atoms in total. The van der Waals surface area contributed by atoms with Crippen LogP contribution in [-0.2, 0) is 4.79 Å². The van der Waals surface area contributed by atoms with Crippen molar-refractivity contribution < 1.29 is 4.79 Å². The molecule has 120 valence electrons. The molecule has 1 saturated heterocycles. The molecule has 6 heteroatoms. The van der Waals surface area contributed by atoms with Gasteiger partial charge in [0.15, 0.2) is 5.13 Å². The van der Waals surface area contributed by atoms with E-state index in [0.717, 1.165) is 39.4 Å². The molecule has 2 aliphatic heterocycles. The van der Waals surface area contributed by atoms with Crippen LogP contribution in [0, 0.1) is 6.92 Å². The summed E-state index contributed by atoms with van der Waals surface area (Å²) in [5, 5.41) is 3.91. The van der Waals surface area contributed by atoms with Crippen molar-refractivity contribution in [1.29, 1.82) is 0 Å². The van der Waals surface area contributed by atoms with Gasteiger partial charge in [0.2, 0.25) is 5.91 Å². The molecule has 4 rings (SSSR count). The monoisotopic (exact) mass is 345 g/mol. The van der Waals surface area contributed by atoms with Crippen LogP contribution in [0.4, 0.5) is 10.8 Å². The SMILES string of the molecule is Cc1nc(N2CCCCC2)sc1C1Sc2ccccc2NC1=O. The fourth-order valence-corrected chi connectivity index (χ4v) is 5.57. The predicted molar refractivity (Wildman–Crippen MR) is 96.6 cm³/mol. The number of amides is 1. The Bertz CT molecular complexity index is 737. The maximum absolute atomic E-state index is 12.5. The fourth-order valence-electron chi connectivity index (χ4n) is 3.08. The van der Waals surface area contributed by atoms with Gasteiger partial charge in [-0.2, -0.15) is 0 Å². The number of anilines is 2. The number of fused-ring (bicyclic) bond motifs is 1. The van der Waals surface area contributed by atoms with Gasteiger partial charge in [0, 0.05) is 18.0 Å². The summed E-state index contributed by atoms with van der Waals surface area (Å²) in [5.74, 6) is 0.0608. The van der Waals surface area contributed by atoms with Gasteiger partial charge in [0.1, 0.15) is 5.25 Å². The maximum atomic E-state index is 12.5. The lowest BCUT2D eigenvalue weighted by atomic mass is 10.1. The molecule has 2 aliphatic rings. The molecule has 0 saturated carbocycles. The lowest BCUT2D eigenvalue weighted by molar-refractivity contribution is -0.115. The number of benzene rings is 1. The number of hydrogen-bond donors (Lipinski definition) is 1. The molecule has 1 amide bonds. The second kappa shape index (κ2) is 6.17. The minimum Gasteiger partial charge on any atom is -0.348 e. The standard InChI is InChI=1S/C17H19N3OS2/c1-11-14(23-17(18-11)20-9-5-2-6-10-20)15-16(21)19-12-7-3-4-8-13(12)22-15/h3-4,7-8,15H,2,5-6,9-10H2,1H3,(H,19,21). The molecule has 2 aromatic rings. The Morgan fingerprint density at radius 1 is 1.22 bits per heavy atom. The normalized spacial score (nSPS) is 21.0. The van der Waals surface area contributed by atoms with Crippen LogP contribution >= 0.6 is 23.1 Å². The minimum absolute atomic E-state index is 0.0608. The lowest BCUT2D eigenvalue weighted by Crippen LogP contribution is -2.29. The zero-order valence-electron chi connectivity index (χ0n) is 13.0. The average Bonchev–Trinajstić information content (AvgIpc) is 2.97. The number of nitrogens with one attached hydrogen (secondary N) is 1. The number of piperidine rings is 1. The number of rotatable bonds is 2. The second-order valence-corrected chi connectivity index (χ2v) is 8.13. The molecular weight excluding hydrogens is 326 g/mol. The minimum atomic E-state index is -0.194. The van der Waals surface area contributed by atoms with Crippen LogP contribution < -0.4 is 10.2 Å². The highest BCUT2D eigenvalue weighted by atomic mass is 32.2. The smallest absolute Gasteiger partial charge is 0.243 e. The Balaban J connectivity index is 1.63. The summed E-state index contributed by atoms with van der Waals surface area (Å²) in [6.45, 7) is 4.19. The van der Waals surface area contributed by atoms with E-state index >= 15 is 0 Å². The van der Waals surface area contributed by atoms with Crippen LogP contribution in [0.25, 0.3) is 0 Å². The molecule has 0 radical (unpaired) electrons. The molecule has 0 aliphatic carbocycles. The van der Waals surface area contributed by atoms with E-state index in [1.54, 1.807) is 23.1 Å².